The summed E-state index contributed by atoms with van der Waals surface area (Å²) in [5.41, 5.74) is 6.45. The maximum atomic E-state index is 11.6. The number of benzene rings is 1. The highest BCUT2D eigenvalue weighted by atomic mass is 35.5. The Morgan fingerprint density at radius 1 is 1.65 bits per heavy atom. The fourth-order valence-electron chi connectivity index (χ4n) is 1.84. The Labute approximate surface area is 105 Å². The molecule has 17 heavy (non-hydrogen) atoms. The summed E-state index contributed by atoms with van der Waals surface area (Å²) < 4.78 is 5.51. The van der Waals surface area contributed by atoms with Gasteiger partial charge in [0.2, 0.25) is 5.91 Å². The molecule has 1 unspecified atom stereocenters. The largest absolute Gasteiger partial charge is 0.492 e. The minimum atomic E-state index is -0.513. The number of rotatable bonds is 2. The molecule has 0 saturated heterocycles. The molecule has 0 radical (unpaired) electrons. The van der Waals surface area contributed by atoms with Gasteiger partial charge < -0.3 is 15.8 Å². The van der Waals surface area contributed by atoms with E-state index in [9.17, 15) is 4.79 Å². The van der Waals surface area contributed by atoms with Gasteiger partial charge in [0, 0.05) is 12.0 Å². The summed E-state index contributed by atoms with van der Waals surface area (Å²) in [7, 11) is 0. The first-order valence-corrected chi connectivity index (χ1v) is 5.94. The SMILES string of the molecule is C[C@@H](N)C(=O)NC1CCOc2c(Cl)cccc21. The molecule has 2 rings (SSSR count). The van der Waals surface area contributed by atoms with Crippen molar-refractivity contribution < 1.29 is 9.53 Å². The first-order valence-electron chi connectivity index (χ1n) is 5.56. The first kappa shape index (κ1) is 12.2. The highest BCUT2D eigenvalue weighted by Crippen LogP contribution is 2.37. The van der Waals surface area contributed by atoms with Crippen molar-refractivity contribution in [2.75, 3.05) is 6.61 Å². The van der Waals surface area contributed by atoms with Crippen LogP contribution < -0.4 is 15.8 Å². The van der Waals surface area contributed by atoms with Crippen molar-refractivity contribution in [3.8, 4) is 5.75 Å². The Bertz CT molecular complexity index is 435. The summed E-state index contributed by atoms with van der Waals surface area (Å²) in [6.45, 7) is 2.20. The van der Waals surface area contributed by atoms with Crippen LogP contribution in [0.25, 0.3) is 0 Å². The molecule has 5 heteroatoms. The molecule has 1 aromatic carbocycles. The lowest BCUT2D eigenvalue weighted by Gasteiger charge is -2.27. The van der Waals surface area contributed by atoms with Gasteiger partial charge in [-0.05, 0) is 13.0 Å². The third kappa shape index (κ3) is 2.53. The van der Waals surface area contributed by atoms with Gasteiger partial charge in [0.1, 0.15) is 5.75 Å². The molecule has 0 saturated carbocycles. The lowest BCUT2D eigenvalue weighted by atomic mass is 10.0. The van der Waals surface area contributed by atoms with Crippen LogP contribution in [0.15, 0.2) is 18.2 Å². The molecule has 1 heterocycles. The van der Waals surface area contributed by atoms with E-state index in [0.29, 0.717) is 17.4 Å². The predicted molar refractivity (Wildman–Crippen MR) is 66.1 cm³/mol. The van der Waals surface area contributed by atoms with Crippen LogP contribution in [0.3, 0.4) is 0 Å². The van der Waals surface area contributed by atoms with Crippen LogP contribution in [0, 0.1) is 0 Å². The maximum absolute atomic E-state index is 11.6. The molecule has 4 nitrogen and oxygen atoms in total. The van der Waals surface area contributed by atoms with Crippen molar-refractivity contribution >= 4 is 17.5 Å². The average molecular weight is 255 g/mol. The van der Waals surface area contributed by atoms with Crippen LogP contribution in [0.4, 0.5) is 0 Å². The van der Waals surface area contributed by atoms with E-state index in [0.717, 1.165) is 12.0 Å². The first-order chi connectivity index (χ1) is 8.09. The van der Waals surface area contributed by atoms with E-state index in [1.165, 1.54) is 0 Å². The van der Waals surface area contributed by atoms with Gasteiger partial charge in [-0.1, -0.05) is 23.7 Å². The number of carbonyl (C=O) groups is 1. The van der Waals surface area contributed by atoms with Crippen LogP contribution >= 0.6 is 11.6 Å². The zero-order valence-electron chi connectivity index (χ0n) is 9.57. The number of para-hydroxylation sites is 1. The van der Waals surface area contributed by atoms with Crippen LogP contribution in [0.5, 0.6) is 5.75 Å². The average Bonchev–Trinajstić information content (AvgIpc) is 2.30. The molecule has 0 aliphatic carbocycles. The second kappa shape index (κ2) is 4.94. The number of carbonyl (C=O) groups excluding carboxylic acids is 1. The Hall–Kier alpha value is -1.26. The number of amides is 1. The minimum absolute atomic E-state index is 0.0732. The van der Waals surface area contributed by atoms with E-state index in [1.807, 2.05) is 12.1 Å². The molecule has 0 fully saturated rings. The van der Waals surface area contributed by atoms with Gasteiger partial charge in [-0.2, -0.15) is 0 Å². The van der Waals surface area contributed by atoms with Gasteiger partial charge in [0.25, 0.3) is 0 Å². The summed E-state index contributed by atoms with van der Waals surface area (Å²) in [6, 6.07) is 4.94. The smallest absolute Gasteiger partial charge is 0.237 e. The molecular formula is C12H15ClN2O2. The van der Waals surface area contributed by atoms with Gasteiger partial charge in [-0.25, -0.2) is 0 Å². The number of ether oxygens (including phenoxy) is 1. The standard InChI is InChI=1S/C12H15ClN2O2/c1-7(14)12(16)15-10-5-6-17-11-8(10)3-2-4-9(11)13/h2-4,7,10H,5-6,14H2,1H3,(H,15,16)/t7-,10?/m1/s1. The number of fused-ring (bicyclic) bond motifs is 1. The van der Waals surface area contributed by atoms with Crippen LogP contribution in [0.2, 0.25) is 5.02 Å². The molecule has 3 N–H and O–H groups in total. The number of nitrogens with two attached hydrogens (primary N) is 1. The van der Waals surface area contributed by atoms with Gasteiger partial charge in [-0.15, -0.1) is 0 Å². The van der Waals surface area contributed by atoms with E-state index in [2.05, 4.69) is 5.32 Å². The molecule has 0 aromatic heterocycles. The molecular weight excluding hydrogens is 240 g/mol. The van der Waals surface area contributed by atoms with Crippen molar-refractivity contribution in [1.29, 1.82) is 0 Å². The molecule has 92 valence electrons. The van der Waals surface area contributed by atoms with Gasteiger partial charge in [-0.3, -0.25) is 4.79 Å². The lowest BCUT2D eigenvalue weighted by molar-refractivity contribution is -0.122. The lowest BCUT2D eigenvalue weighted by Crippen LogP contribution is -2.41. The maximum Gasteiger partial charge on any atom is 0.237 e. The number of hydrogen-bond donors (Lipinski definition) is 2. The monoisotopic (exact) mass is 254 g/mol. The molecule has 2 atom stereocenters. The molecule has 1 aliphatic heterocycles. The van der Waals surface area contributed by atoms with Crippen molar-refractivity contribution in [1.82, 2.24) is 5.32 Å². The third-order valence-electron chi connectivity index (χ3n) is 2.76. The van der Waals surface area contributed by atoms with Crippen molar-refractivity contribution in [3.63, 3.8) is 0 Å². The van der Waals surface area contributed by atoms with Crippen molar-refractivity contribution in [2.45, 2.75) is 25.4 Å². The van der Waals surface area contributed by atoms with Crippen molar-refractivity contribution in [2.24, 2.45) is 5.73 Å². The third-order valence-corrected chi connectivity index (χ3v) is 3.05. The normalized spacial score (nSPS) is 20.1. The Morgan fingerprint density at radius 2 is 2.41 bits per heavy atom. The summed E-state index contributed by atoms with van der Waals surface area (Å²) in [4.78, 5) is 11.6. The van der Waals surface area contributed by atoms with Crippen molar-refractivity contribution in [3.05, 3.63) is 28.8 Å². The number of halogens is 1. The quantitative estimate of drug-likeness (QED) is 0.843. The highest BCUT2D eigenvalue weighted by molar-refractivity contribution is 6.32. The predicted octanol–water partition coefficient (Wildman–Crippen LogP) is 1.63. The zero-order valence-corrected chi connectivity index (χ0v) is 10.3. The van der Waals surface area contributed by atoms with E-state index < -0.39 is 6.04 Å². The molecule has 1 aromatic rings. The molecule has 0 bridgehead atoms. The molecule has 1 amide bonds. The fourth-order valence-corrected chi connectivity index (χ4v) is 2.08. The minimum Gasteiger partial charge on any atom is -0.492 e. The number of nitrogens with one attached hydrogen (secondary N) is 1. The van der Waals surface area contributed by atoms with E-state index in [1.54, 1.807) is 13.0 Å². The summed E-state index contributed by atoms with van der Waals surface area (Å²) in [6.07, 6.45) is 0.728. The van der Waals surface area contributed by atoms with Crippen LogP contribution in [-0.2, 0) is 4.79 Å². The second-order valence-corrected chi connectivity index (χ2v) is 4.55. The van der Waals surface area contributed by atoms with Gasteiger partial charge in [0.15, 0.2) is 0 Å². The fraction of sp³-hybridized carbons (Fsp3) is 0.417. The summed E-state index contributed by atoms with van der Waals surface area (Å²) >= 11 is 6.04. The Balaban J connectivity index is 2.23. The van der Waals surface area contributed by atoms with E-state index in [-0.39, 0.29) is 11.9 Å². The number of hydrogen-bond acceptors (Lipinski definition) is 3. The van der Waals surface area contributed by atoms with E-state index >= 15 is 0 Å². The Morgan fingerprint density at radius 3 is 3.12 bits per heavy atom. The summed E-state index contributed by atoms with van der Waals surface area (Å²) in [5.74, 6) is 0.498. The second-order valence-electron chi connectivity index (χ2n) is 4.15. The van der Waals surface area contributed by atoms with Gasteiger partial charge in [0.05, 0.1) is 23.7 Å². The topological polar surface area (TPSA) is 64.4 Å². The van der Waals surface area contributed by atoms with Gasteiger partial charge >= 0.3 is 0 Å². The summed E-state index contributed by atoms with van der Waals surface area (Å²) in [5, 5.41) is 3.47. The Kier molecular flexibility index (Phi) is 3.54. The highest BCUT2D eigenvalue weighted by Gasteiger charge is 2.25. The molecule has 0 spiro atoms. The van der Waals surface area contributed by atoms with Crippen LogP contribution in [0.1, 0.15) is 24.9 Å². The zero-order chi connectivity index (χ0) is 12.4. The van der Waals surface area contributed by atoms with Crippen LogP contribution in [-0.4, -0.2) is 18.6 Å². The van der Waals surface area contributed by atoms with E-state index in [4.69, 9.17) is 22.1 Å². The molecule has 1 aliphatic rings.